The summed E-state index contributed by atoms with van der Waals surface area (Å²) in [7, 11) is 0. The normalized spacial score (nSPS) is 14.0. The van der Waals surface area contributed by atoms with Crippen molar-refractivity contribution in [3.63, 3.8) is 0 Å². The van der Waals surface area contributed by atoms with E-state index in [0.29, 0.717) is 18.5 Å². The Morgan fingerprint density at radius 1 is 1.03 bits per heavy atom. The second kappa shape index (κ2) is 12.7. The van der Waals surface area contributed by atoms with E-state index in [-0.39, 0.29) is 18.3 Å². The molecule has 3 atom stereocenters. The molecule has 174 valence electrons. The Hall–Kier alpha value is -2.95. The molecule has 3 unspecified atom stereocenters. The lowest BCUT2D eigenvalue weighted by atomic mass is 10.0. The van der Waals surface area contributed by atoms with Gasteiger partial charge in [-0.15, -0.1) is 0 Å². The number of carboxylic acid groups (broad SMARTS) is 1. The Kier molecular flexibility index (Phi) is 10.7. The predicted octanol–water partition coefficient (Wildman–Crippen LogP) is -0.458. The molecule has 1 heterocycles. The highest BCUT2D eigenvalue weighted by Crippen LogP contribution is 2.07. The number of hydrogen-bond donors (Lipinski definition) is 6. The lowest BCUT2D eigenvalue weighted by molar-refractivity contribution is -0.141. The van der Waals surface area contributed by atoms with Crippen molar-refractivity contribution in [1.29, 1.82) is 0 Å². The third-order valence-corrected chi connectivity index (χ3v) is 4.44. The van der Waals surface area contributed by atoms with Crippen LogP contribution in [0.15, 0.2) is 12.5 Å². The highest BCUT2D eigenvalue weighted by molar-refractivity contribution is 5.92. The van der Waals surface area contributed by atoms with Crippen molar-refractivity contribution in [3.05, 3.63) is 18.2 Å². The standard InChI is InChI=1S/C20H34N6O5/c1-11(2)5-14(21)18(28)26-15(6-12(3)4)19(29)23-9-17(27)25-16(20(30)31)7-13-8-22-10-24-13/h8,10-12,14-16H,5-7,9,21H2,1-4H3,(H,22,24)(H,23,29)(H,25,27)(H,26,28)(H,30,31). The van der Waals surface area contributed by atoms with Crippen LogP contribution in [0.3, 0.4) is 0 Å². The number of carboxylic acids is 1. The van der Waals surface area contributed by atoms with Crippen LogP contribution in [0.1, 0.15) is 46.2 Å². The molecule has 7 N–H and O–H groups in total. The van der Waals surface area contributed by atoms with Crippen LogP contribution in [-0.2, 0) is 25.6 Å². The Morgan fingerprint density at radius 3 is 2.19 bits per heavy atom. The zero-order valence-electron chi connectivity index (χ0n) is 18.5. The van der Waals surface area contributed by atoms with Crippen molar-refractivity contribution < 1.29 is 24.3 Å². The van der Waals surface area contributed by atoms with Crippen LogP contribution in [0.4, 0.5) is 0 Å². The molecule has 0 fully saturated rings. The summed E-state index contributed by atoms with van der Waals surface area (Å²) in [5.41, 5.74) is 6.44. The number of nitrogens with one attached hydrogen (secondary N) is 4. The fraction of sp³-hybridized carbons (Fsp3) is 0.650. The monoisotopic (exact) mass is 438 g/mol. The highest BCUT2D eigenvalue weighted by Gasteiger charge is 2.26. The Morgan fingerprint density at radius 2 is 1.68 bits per heavy atom. The Bertz CT molecular complexity index is 734. The number of aromatic amines is 1. The maximum Gasteiger partial charge on any atom is 0.326 e. The van der Waals surface area contributed by atoms with Crippen LogP contribution < -0.4 is 21.7 Å². The summed E-state index contributed by atoms with van der Waals surface area (Å²) in [6, 6.07) is -2.76. The molecule has 11 heteroatoms. The van der Waals surface area contributed by atoms with Crippen LogP contribution in [0, 0.1) is 11.8 Å². The summed E-state index contributed by atoms with van der Waals surface area (Å²) in [6.45, 7) is 7.27. The average Bonchev–Trinajstić information content (AvgIpc) is 3.17. The zero-order chi connectivity index (χ0) is 23.6. The van der Waals surface area contributed by atoms with E-state index in [1.165, 1.54) is 12.5 Å². The number of amides is 3. The van der Waals surface area contributed by atoms with Gasteiger partial charge in [0, 0.05) is 18.3 Å². The van der Waals surface area contributed by atoms with E-state index in [4.69, 9.17) is 5.73 Å². The topological polar surface area (TPSA) is 179 Å². The number of aromatic nitrogens is 2. The molecule has 0 aliphatic rings. The Balaban J connectivity index is 2.63. The van der Waals surface area contributed by atoms with E-state index in [0.717, 1.165) is 0 Å². The van der Waals surface area contributed by atoms with Gasteiger partial charge in [-0.3, -0.25) is 14.4 Å². The second-order valence-corrected chi connectivity index (χ2v) is 8.38. The number of carbonyl (C=O) groups is 4. The molecule has 0 aliphatic carbocycles. The number of H-pyrrole nitrogens is 1. The van der Waals surface area contributed by atoms with Crippen LogP contribution in [-0.4, -0.2) is 63.4 Å². The molecule has 1 aromatic rings. The Labute approximate surface area is 181 Å². The minimum absolute atomic E-state index is 0.0226. The van der Waals surface area contributed by atoms with Crippen LogP contribution >= 0.6 is 0 Å². The maximum absolute atomic E-state index is 12.6. The van der Waals surface area contributed by atoms with Crippen LogP contribution in [0.25, 0.3) is 0 Å². The first-order valence-electron chi connectivity index (χ1n) is 10.3. The summed E-state index contributed by atoms with van der Waals surface area (Å²) in [4.78, 5) is 55.0. The van der Waals surface area contributed by atoms with Gasteiger partial charge in [0.05, 0.1) is 18.9 Å². The van der Waals surface area contributed by atoms with E-state index < -0.39 is 48.4 Å². The molecule has 0 bridgehead atoms. The smallest absolute Gasteiger partial charge is 0.326 e. The molecule has 0 saturated heterocycles. The van der Waals surface area contributed by atoms with Gasteiger partial charge < -0.3 is 31.8 Å². The molecule has 11 nitrogen and oxygen atoms in total. The van der Waals surface area contributed by atoms with Crippen molar-refractivity contribution in [2.24, 2.45) is 17.6 Å². The molecular weight excluding hydrogens is 404 g/mol. The molecule has 1 rings (SSSR count). The molecule has 0 aromatic carbocycles. The highest BCUT2D eigenvalue weighted by atomic mass is 16.4. The van der Waals surface area contributed by atoms with Gasteiger partial charge in [0.15, 0.2) is 0 Å². The minimum atomic E-state index is -1.21. The second-order valence-electron chi connectivity index (χ2n) is 8.38. The maximum atomic E-state index is 12.6. The minimum Gasteiger partial charge on any atom is -0.480 e. The third kappa shape index (κ3) is 10.1. The summed E-state index contributed by atoms with van der Waals surface area (Å²) >= 11 is 0. The van der Waals surface area contributed by atoms with Crippen molar-refractivity contribution in [1.82, 2.24) is 25.9 Å². The molecule has 0 saturated carbocycles. The first kappa shape index (κ1) is 26.1. The van der Waals surface area contributed by atoms with Gasteiger partial charge in [-0.2, -0.15) is 0 Å². The molecule has 0 radical (unpaired) electrons. The first-order valence-corrected chi connectivity index (χ1v) is 10.3. The van der Waals surface area contributed by atoms with Crippen LogP contribution in [0.5, 0.6) is 0 Å². The molecule has 0 spiro atoms. The van der Waals surface area contributed by atoms with Crippen molar-refractivity contribution in [2.75, 3.05) is 6.54 Å². The molecule has 31 heavy (non-hydrogen) atoms. The van der Waals surface area contributed by atoms with Crippen molar-refractivity contribution >= 4 is 23.7 Å². The number of hydrogen-bond acceptors (Lipinski definition) is 6. The lowest BCUT2D eigenvalue weighted by Gasteiger charge is -2.23. The van der Waals surface area contributed by atoms with E-state index in [9.17, 15) is 24.3 Å². The van der Waals surface area contributed by atoms with Gasteiger partial charge in [-0.1, -0.05) is 27.7 Å². The van der Waals surface area contributed by atoms with Gasteiger partial charge in [0.1, 0.15) is 12.1 Å². The first-order chi connectivity index (χ1) is 14.5. The number of nitrogens with two attached hydrogens (primary N) is 1. The fourth-order valence-electron chi connectivity index (χ4n) is 2.95. The van der Waals surface area contributed by atoms with E-state index in [2.05, 4.69) is 25.9 Å². The summed E-state index contributed by atoms with van der Waals surface area (Å²) in [6.07, 6.45) is 3.75. The number of aliphatic carboxylic acids is 1. The lowest BCUT2D eigenvalue weighted by Crippen LogP contribution is -2.54. The zero-order valence-corrected chi connectivity index (χ0v) is 18.5. The van der Waals surface area contributed by atoms with Crippen LogP contribution in [0.2, 0.25) is 0 Å². The number of carbonyl (C=O) groups excluding carboxylic acids is 3. The SMILES string of the molecule is CC(C)CC(N)C(=O)NC(CC(C)C)C(=O)NCC(=O)NC(Cc1cnc[nH]1)C(=O)O. The molecule has 0 aliphatic heterocycles. The molecule has 1 aromatic heterocycles. The van der Waals surface area contributed by atoms with E-state index in [1.54, 1.807) is 0 Å². The number of nitrogens with zero attached hydrogens (tertiary/aromatic N) is 1. The average molecular weight is 439 g/mol. The fourth-order valence-corrected chi connectivity index (χ4v) is 2.95. The summed E-state index contributed by atoms with van der Waals surface area (Å²) in [5, 5.41) is 16.8. The van der Waals surface area contributed by atoms with Gasteiger partial charge in [-0.25, -0.2) is 9.78 Å². The van der Waals surface area contributed by atoms with E-state index >= 15 is 0 Å². The van der Waals surface area contributed by atoms with E-state index in [1.807, 2.05) is 27.7 Å². The molecular formula is C20H34N6O5. The van der Waals surface area contributed by atoms with Gasteiger partial charge in [-0.05, 0) is 24.7 Å². The van der Waals surface area contributed by atoms with Gasteiger partial charge in [0.2, 0.25) is 17.7 Å². The molecule has 3 amide bonds. The van der Waals surface area contributed by atoms with Gasteiger partial charge in [0.25, 0.3) is 0 Å². The third-order valence-electron chi connectivity index (χ3n) is 4.44. The summed E-state index contributed by atoms with van der Waals surface area (Å²) in [5.74, 6) is -2.49. The van der Waals surface area contributed by atoms with Crippen molar-refractivity contribution in [3.8, 4) is 0 Å². The largest absolute Gasteiger partial charge is 0.480 e. The summed E-state index contributed by atoms with van der Waals surface area (Å²) < 4.78 is 0. The van der Waals surface area contributed by atoms with Gasteiger partial charge >= 0.3 is 5.97 Å². The van der Waals surface area contributed by atoms with Crippen molar-refractivity contribution in [2.45, 2.75) is 65.1 Å². The number of imidazole rings is 1. The number of rotatable bonds is 13. The quantitative estimate of drug-likeness (QED) is 0.241. The predicted molar refractivity (Wildman–Crippen MR) is 114 cm³/mol.